The van der Waals surface area contributed by atoms with E-state index in [1.54, 1.807) is 6.92 Å². The van der Waals surface area contributed by atoms with Crippen LogP contribution in [0.2, 0.25) is 0 Å². The first kappa shape index (κ1) is 28.5. The molecule has 1 unspecified atom stereocenters. The van der Waals surface area contributed by atoms with Crippen LogP contribution in [0.1, 0.15) is 69.1 Å². The fraction of sp³-hybridized carbons (Fsp3) is 0.533. The van der Waals surface area contributed by atoms with Crippen LogP contribution >= 0.6 is 0 Å². The number of rotatable bonds is 16. The van der Waals surface area contributed by atoms with Crippen LogP contribution in [0.5, 0.6) is 5.75 Å². The molecule has 0 saturated heterocycles. The van der Waals surface area contributed by atoms with E-state index in [4.69, 9.17) is 9.47 Å². The monoisotopic (exact) mass is 510 g/mol. The van der Waals surface area contributed by atoms with E-state index in [0.29, 0.717) is 38.5 Å². The first-order valence-corrected chi connectivity index (χ1v) is 13.7. The minimum atomic E-state index is -0.963. The predicted octanol–water partition coefficient (Wildman–Crippen LogP) is 6.09. The molecular formula is C30H42N2O5. The number of hydrogen-bond acceptors (Lipinski definition) is 4. The fourth-order valence-electron chi connectivity index (χ4n) is 4.70. The fourth-order valence-corrected chi connectivity index (χ4v) is 4.70. The number of benzene rings is 2. The van der Waals surface area contributed by atoms with E-state index in [1.165, 1.54) is 36.8 Å². The van der Waals surface area contributed by atoms with E-state index in [0.717, 1.165) is 36.9 Å². The second-order valence-electron chi connectivity index (χ2n) is 9.65. The smallest absolute Gasteiger partial charge is 0.333 e. The maximum Gasteiger partial charge on any atom is 0.333 e. The Hall–Kier alpha value is -3.06. The molecule has 7 nitrogen and oxygen atoms in total. The summed E-state index contributed by atoms with van der Waals surface area (Å²) in [7, 11) is 0. The number of fused-ring (bicyclic) bond motifs is 1. The second-order valence-corrected chi connectivity index (χ2v) is 9.65. The number of urea groups is 1. The number of carbonyl (C=O) groups is 2. The molecule has 7 heteroatoms. The second kappa shape index (κ2) is 15.3. The van der Waals surface area contributed by atoms with Gasteiger partial charge in [0.2, 0.25) is 0 Å². The number of unbranched alkanes of at least 4 members (excludes halogenated alkanes) is 4. The number of amides is 2. The summed E-state index contributed by atoms with van der Waals surface area (Å²) >= 11 is 0. The number of hydrogen-bond donors (Lipinski definition) is 2. The molecule has 37 heavy (non-hydrogen) atoms. The lowest BCUT2D eigenvalue weighted by Gasteiger charge is -2.23. The van der Waals surface area contributed by atoms with Gasteiger partial charge in [0.1, 0.15) is 12.4 Å². The maximum absolute atomic E-state index is 13.1. The number of ether oxygens (including phenoxy) is 2. The van der Waals surface area contributed by atoms with Gasteiger partial charge in [0.25, 0.3) is 0 Å². The summed E-state index contributed by atoms with van der Waals surface area (Å²) in [5.74, 6) is -0.274. The van der Waals surface area contributed by atoms with Crippen LogP contribution in [0.4, 0.5) is 10.5 Å². The number of aliphatic carboxylic acids is 1. The molecule has 1 aliphatic rings. The summed E-state index contributed by atoms with van der Waals surface area (Å²) < 4.78 is 11.2. The zero-order chi connectivity index (χ0) is 26.5. The summed E-state index contributed by atoms with van der Waals surface area (Å²) in [5, 5.41) is 12.4. The zero-order valence-electron chi connectivity index (χ0n) is 22.3. The van der Waals surface area contributed by atoms with Crippen molar-refractivity contribution in [3.8, 4) is 5.75 Å². The van der Waals surface area contributed by atoms with Crippen LogP contribution in [0.25, 0.3) is 0 Å². The van der Waals surface area contributed by atoms with Gasteiger partial charge in [-0.3, -0.25) is 0 Å². The van der Waals surface area contributed by atoms with Crippen LogP contribution in [-0.2, 0) is 28.8 Å². The molecule has 0 bridgehead atoms. The van der Waals surface area contributed by atoms with Gasteiger partial charge in [0.15, 0.2) is 6.10 Å². The minimum Gasteiger partial charge on any atom is -0.492 e. The van der Waals surface area contributed by atoms with Gasteiger partial charge in [-0.1, -0.05) is 50.8 Å². The van der Waals surface area contributed by atoms with Gasteiger partial charge < -0.3 is 24.8 Å². The Morgan fingerprint density at radius 1 is 0.973 bits per heavy atom. The standard InChI is InChI=1S/C30H42N2O5/c1-3-5-6-7-8-18-32(30(35)31-26-15-14-24-10-9-11-25(24)22-26)19-20-37-27-16-12-23(13-17-27)21-28(29(33)34)36-4-2/h12-17,22,28H,3-11,18-21H2,1-2H3,(H,31,35)(H,33,34). The normalized spacial score (nSPS) is 13.1. The van der Waals surface area contributed by atoms with E-state index in [2.05, 4.69) is 24.4 Å². The summed E-state index contributed by atoms with van der Waals surface area (Å²) in [4.78, 5) is 26.3. The molecule has 0 spiro atoms. The zero-order valence-corrected chi connectivity index (χ0v) is 22.3. The first-order valence-electron chi connectivity index (χ1n) is 13.7. The van der Waals surface area contributed by atoms with Gasteiger partial charge in [0.05, 0.1) is 6.54 Å². The molecule has 2 N–H and O–H groups in total. The molecule has 202 valence electrons. The number of anilines is 1. The number of nitrogens with zero attached hydrogens (tertiary/aromatic N) is 1. The minimum absolute atomic E-state index is 0.0944. The van der Waals surface area contributed by atoms with Crippen molar-refractivity contribution >= 4 is 17.7 Å². The van der Waals surface area contributed by atoms with Crippen molar-refractivity contribution < 1.29 is 24.2 Å². The molecule has 2 aromatic carbocycles. The predicted molar refractivity (Wildman–Crippen MR) is 147 cm³/mol. The van der Waals surface area contributed by atoms with Gasteiger partial charge >= 0.3 is 12.0 Å². The van der Waals surface area contributed by atoms with Gasteiger partial charge in [-0.2, -0.15) is 0 Å². The summed E-state index contributed by atoms with van der Waals surface area (Å²) in [6.45, 7) is 5.89. The van der Waals surface area contributed by atoms with Gasteiger partial charge in [-0.15, -0.1) is 0 Å². The van der Waals surface area contributed by atoms with E-state index in [-0.39, 0.29) is 6.03 Å². The molecule has 3 rings (SSSR count). The number of aryl methyl sites for hydroxylation is 2. The molecular weight excluding hydrogens is 468 g/mol. The van der Waals surface area contributed by atoms with Crippen LogP contribution in [0.3, 0.4) is 0 Å². The third-order valence-corrected chi connectivity index (χ3v) is 6.79. The topological polar surface area (TPSA) is 88.1 Å². The Labute approximate surface area is 221 Å². The van der Waals surface area contributed by atoms with Crippen molar-refractivity contribution in [3.05, 3.63) is 59.2 Å². The highest BCUT2D eigenvalue weighted by Crippen LogP contribution is 2.25. The molecule has 0 radical (unpaired) electrons. The Bertz CT molecular complexity index is 992. The lowest BCUT2D eigenvalue weighted by molar-refractivity contribution is -0.149. The van der Waals surface area contributed by atoms with E-state index in [1.807, 2.05) is 35.2 Å². The highest BCUT2D eigenvalue weighted by atomic mass is 16.5. The molecule has 0 aromatic heterocycles. The summed E-state index contributed by atoms with van der Waals surface area (Å²) in [5.41, 5.74) is 4.45. The molecule has 0 saturated carbocycles. The van der Waals surface area contributed by atoms with Crippen molar-refractivity contribution in [2.45, 2.75) is 77.7 Å². The lowest BCUT2D eigenvalue weighted by atomic mass is 10.1. The van der Waals surface area contributed by atoms with E-state index < -0.39 is 12.1 Å². The highest BCUT2D eigenvalue weighted by molar-refractivity contribution is 5.89. The van der Waals surface area contributed by atoms with Crippen LogP contribution in [-0.4, -0.2) is 54.4 Å². The average molecular weight is 511 g/mol. The number of nitrogens with one attached hydrogen (secondary N) is 1. The van der Waals surface area contributed by atoms with Crippen molar-refractivity contribution in [2.24, 2.45) is 0 Å². The molecule has 2 aromatic rings. The number of carboxylic acids is 1. The Kier molecular flexibility index (Phi) is 11.8. The summed E-state index contributed by atoms with van der Waals surface area (Å²) in [6.07, 6.45) is 8.51. The SMILES string of the molecule is CCCCCCCN(CCOc1ccc(CC(OCC)C(=O)O)cc1)C(=O)Nc1ccc2c(c1)CCC2. The van der Waals surface area contributed by atoms with Crippen molar-refractivity contribution in [1.29, 1.82) is 0 Å². The van der Waals surface area contributed by atoms with Crippen LogP contribution < -0.4 is 10.1 Å². The Morgan fingerprint density at radius 3 is 2.46 bits per heavy atom. The van der Waals surface area contributed by atoms with Gasteiger partial charge in [0, 0.05) is 25.3 Å². The maximum atomic E-state index is 13.1. The molecule has 0 fully saturated rings. The Morgan fingerprint density at radius 2 is 1.73 bits per heavy atom. The van der Waals surface area contributed by atoms with Crippen molar-refractivity contribution in [3.63, 3.8) is 0 Å². The van der Waals surface area contributed by atoms with E-state index >= 15 is 0 Å². The van der Waals surface area contributed by atoms with Crippen molar-refractivity contribution in [1.82, 2.24) is 4.90 Å². The molecule has 0 aliphatic heterocycles. The van der Waals surface area contributed by atoms with Crippen molar-refractivity contribution in [2.75, 3.05) is 31.6 Å². The number of carbonyl (C=O) groups excluding carboxylic acids is 1. The molecule has 0 heterocycles. The third kappa shape index (κ3) is 9.39. The summed E-state index contributed by atoms with van der Waals surface area (Å²) in [6, 6.07) is 13.5. The van der Waals surface area contributed by atoms with Crippen LogP contribution in [0, 0.1) is 0 Å². The highest BCUT2D eigenvalue weighted by Gasteiger charge is 2.18. The number of carboxylic acid groups (broad SMARTS) is 1. The largest absolute Gasteiger partial charge is 0.492 e. The lowest BCUT2D eigenvalue weighted by Crippen LogP contribution is -2.38. The van der Waals surface area contributed by atoms with Gasteiger partial charge in [-0.05, 0) is 73.6 Å². The molecule has 1 aliphatic carbocycles. The van der Waals surface area contributed by atoms with E-state index in [9.17, 15) is 14.7 Å². The molecule has 1 atom stereocenters. The Balaban J connectivity index is 1.53. The first-order chi connectivity index (χ1) is 18.0. The third-order valence-electron chi connectivity index (χ3n) is 6.79. The quantitative estimate of drug-likeness (QED) is 0.267. The molecule has 2 amide bonds. The average Bonchev–Trinajstić information content (AvgIpc) is 3.36. The van der Waals surface area contributed by atoms with Gasteiger partial charge in [-0.25, -0.2) is 9.59 Å². The van der Waals surface area contributed by atoms with Crippen LogP contribution in [0.15, 0.2) is 42.5 Å².